The second-order valence-corrected chi connectivity index (χ2v) is 14.3. The minimum Gasteiger partial charge on any atom is -0.457 e. The summed E-state index contributed by atoms with van der Waals surface area (Å²) in [7, 11) is 0. The third-order valence-corrected chi connectivity index (χ3v) is 9.25. The van der Waals surface area contributed by atoms with Crippen LogP contribution in [0, 0.1) is 23.0 Å². The van der Waals surface area contributed by atoms with Crippen molar-refractivity contribution in [3.8, 4) is 47.0 Å². The number of carbonyl (C=O) groups excluding carboxylic acids is 4. The molecule has 64 heavy (non-hydrogen) atoms. The number of hydrogen-bond acceptors (Lipinski definition) is 10. The SMILES string of the molecule is CC(C)(c1ccc(Oc2ccc(N3C(=O)C=CC3=O)cc2)cc1)c1ccc(Oc2ccc(N3C(=O)C=CC3=O)cc2)cc1.CCC.N#COc1ccccc1.N#COc1ccccc1. The topological polar surface area (TPSA) is 159 Å². The Hall–Kier alpha value is -8.74. The molecule has 6 aromatic carbocycles. The Morgan fingerprint density at radius 1 is 0.422 bits per heavy atom. The van der Waals surface area contributed by atoms with Gasteiger partial charge in [0, 0.05) is 29.7 Å². The largest absolute Gasteiger partial charge is 0.457 e. The van der Waals surface area contributed by atoms with Gasteiger partial charge in [0.15, 0.2) is 0 Å². The lowest BCUT2D eigenvalue weighted by Gasteiger charge is -2.26. The van der Waals surface area contributed by atoms with Gasteiger partial charge < -0.3 is 18.9 Å². The predicted octanol–water partition coefficient (Wildman–Crippen LogP) is 11.0. The first-order valence-electron chi connectivity index (χ1n) is 20.1. The van der Waals surface area contributed by atoms with Crippen molar-refractivity contribution >= 4 is 35.0 Å². The molecule has 2 aliphatic heterocycles. The van der Waals surface area contributed by atoms with Crippen molar-refractivity contribution in [3.63, 3.8) is 0 Å². The van der Waals surface area contributed by atoms with Crippen molar-refractivity contribution in [2.75, 3.05) is 9.80 Å². The Balaban J connectivity index is 0.000000300. The summed E-state index contributed by atoms with van der Waals surface area (Å²) in [4.78, 5) is 49.8. The Kier molecular flexibility index (Phi) is 16.5. The zero-order valence-corrected chi connectivity index (χ0v) is 35.6. The minimum atomic E-state index is -0.362. The smallest absolute Gasteiger partial charge is 0.292 e. The van der Waals surface area contributed by atoms with Gasteiger partial charge in [-0.15, -0.1) is 10.5 Å². The van der Waals surface area contributed by atoms with Crippen LogP contribution in [0.25, 0.3) is 0 Å². The van der Waals surface area contributed by atoms with Gasteiger partial charge >= 0.3 is 0 Å². The van der Waals surface area contributed by atoms with Crippen LogP contribution in [0.15, 0.2) is 182 Å². The second-order valence-electron chi connectivity index (χ2n) is 14.3. The molecule has 0 aromatic heterocycles. The summed E-state index contributed by atoms with van der Waals surface area (Å²) in [6, 6.07) is 47.2. The van der Waals surface area contributed by atoms with E-state index in [9.17, 15) is 19.2 Å². The van der Waals surface area contributed by atoms with Gasteiger partial charge in [0.25, 0.3) is 36.1 Å². The van der Waals surface area contributed by atoms with Crippen LogP contribution in [0.1, 0.15) is 45.2 Å². The first kappa shape index (κ1) is 46.3. The Morgan fingerprint density at radius 2 is 0.688 bits per heavy atom. The van der Waals surface area contributed by atoms with E-state index in [0.29, 0.717) is 45.9 Å². The van der Waals surface area contributed by atoms with Crippen LogP contribution >= 0.6 is 0 Å². The third-order valence-electron chi connectivity index (χ3n) is 9.25. The Labute approximate surface area is 372 Å². The number of amides is 4. The molecular formula is C52H44N4O8. The molecular weight excluding hydrogens is 809 g/mol. The van der Waals surface area contributed by atoms with Gasteiger partial charge in [0.05, 0.1) is 11.4 Å². The lowest BCUT2D eigenvalue weighted by molar-refractivity contribution is -0.121. The quantitative estimate of drug-likeness (QED) is 0.0958. The highest BCUT2D eigenvalue weighted by Gasteiger charge is 2.27. The zero-order valence-electron chi connectivity index (χ0n) is 35.6. The molecule has 8 rings (SSSR count). The van der Waals surface area contributed by atoms with Crippen LogP contribution in [0.2, 0.25) is 0 Å². The van der Waals surface area contributed by atoms with Gasteiger partial charge in [-0.25, -0.2) is 9.80 Å². The van der Waals surface area contributed by atoms with E-state index in [1.807, 2.05) is 84.9 Å². The number of ether oxygens (including phenoxy) is 4. The first-order valence-corrected chi connectivity index (χ1v) is 20.1. The lowest BCUT2D eigenvalue weighted by atomic mass is 9.78. The van der Waals surface area contributed by atoms with Crippen molar-refractivity contribution in [2.24, 2.45) is 0 Å². The molecule has 0 fully saturated rings. The highest BCUT2D eigenvalue weighted by Crippen LogP contribution is 2.35. The number of hydrogen-bond donors (Lipinski definition) is 0. The third kappa shape index (κ3) is 12.6. The van der Waals surface area contributed by atoms with Crippen LogP contribution < -0.4 is 28.7 Å². The summed E-state index contributed by atoms with van der Waals surface area (Å²) in [5, 5.41) is 16.1. The van der Waals surface area contributed by atoms with E-state index in [1.54, 1.807) is 85.3 Å². The summed E-state index contributed by atoms with van der Waals surface area (Å²) in [6.07, 6.45) is 9.43. The summed E-state index contributed by atoms with van der Waals surface area (Å²) >= 11 is 0. The fraction of sp³-hybridized carbons (Fsp3) is 0.115. The lowest BCUT2D eigenvalue weighted by Crippen LogP contribution is -2.29. The van der Waals surface area contributed by atoms with E-state index >= 15 is 0 Å². The Morgan fingerprint density at radius 3 is 0.953 bits per heavy atom. The van der Waals surface area contributed by atoms with E-state index in [-0.39, 0.29) is 29.0 Å². The molecule has 0 bridgehead atoms. The molecule has 6 aromatic rings. The number of nitriles is 2. The predicted molar refractivity (Wildman–Crippen MR) is 243 cm³/mol. The zero-order chi connectivity index (χ0) is 45.9. The van der Waals surface area contributed by atoms with Crippen molar-refractivity contribution in [2.45, 2.75) is 39.5 Å². The highest BCUT2D eigenvalue weighted by atomic mass is 16.5. The van der Waals surface area contributed by atoms with Gasteiger partial charge in [-0.05, 0) is 108 Å². The molecule has 2 heterocycles. The van der Waals surface area contributed by atoms with Crippen LogP contribution in [-0.4, -0.2) is 23.6 Å². The molecule has 12 nitrogen and oxygen atoms in total. The normalized spacial score (nSPS) is 12.3. The molecule has 0 spiro atoms. The fourth-order valence-corrected chi connectivity index (χ4v) is 6.04. The molecule has 2 aliphatic rings. The van der Waals surface area contributed by atoms with E-state index in [1.165, 1.54) is 30.7 Å². The molecule has 0 N–H and O–H groups in total. The molecule has 0 saturated heterocycles. The fourth-order valence-electron chi connectivity index (χ4n) is 6.04. The van der Waals surface area contributed by atoms with Crippen molar-refractivity contribution < 1.29 is 38.1 Å². The number of carbonyl (C=O) groups is 4. The Bertz CT molecular complexity index is 2430. The molecule has 0 radical (unpaired) electrons. The van der Waals surface area contributed by atoms with Crippen LogP contribution in [0.5, 0.6) is 34.5 Å². The number of anilines is 2. The second kappa shape index (κ2) is 22.7. The van der Waals surface area contributed by atoms with Gasteiger partial charge in [0.2, 0.25) is 0 Å². The number of nitrogens with zero attached hydrogens (tertiary/aromatic N) is 4. The van der Waals surface area contributed by atoms with Gasteiger partial charge in [0.1, 0.15) is 34.5 Å². The summed E-state index contributed by atoms with van der Waals surface area (Å²) in [6.45, 7) is 8.53. The van der Waals surface area contributed by atoms with E-state index in [2.05, 4.69) is 37.2 Å². The van der Waals surface area contributed by atoms with Crippen molar-refractivity contribution in [1.29, 1.82) is 10.5 Å². The number of benzene rings is 6. The van der Waals surface area contributed by atoms with Gasteiger partial charge in [-0.3, -0.25) is 19.2 Å². The van der Waals surface area contributed by atoms with E-state index in [4.69, 9.17) is 20.0 Å². The first-order chi connectivity index (χ1) is 31.0. The van der Waals surface area contributed by atoms with Crippen LogP contribution in [0.3, 0.4) is 0 Å². The molecule has 0 saturated carbocycles. The number of rotatable bonds is 10. The van der Waals surface area contributed by atoms with Crippen molar-refractivity contribution in [3.05, 3.63) is 193 Å². The van der Waals surface area contributed by atoms with E-state index in [0.717, 1.165) is 20.9 Å². The minimum absolute atomic E-state index is 0.300. The van der Waals surface area contributed by atoms with E-state index < -0.39 is 0 Å². The molecule has 320 valence electrons. The van der Waals surface area contributed by atoms with Crippen LogP contribution in [-0.2, 0) is 24.6 Å². The van der Waals surface area contributed by atoms with Crippen LogP contribution in [0.4, 0.5) is 11.4 Å². The monoisotopic (exact) mass is 852 g/mol. The number of imide groups is 2. The molecule has 0 aliphatic carbocycles. The maximum Gasteiger partial charge on any atom is 0.292 e. The van der Waals surface area contributed by atoms with Gasteiger partial charge in [-0.1, -0.05) is 94.8 Å². The number of para-hydroxylation sites is 2. The van der Waals surface area contributed by atoms with Crippen molar-refractivity contribution in [1.82, 2.24) is 0 Å². The molecule has 4 amide bonds. The maximum atomic E-state index is 11.9. The molecule has 12 heteroatoms. The molecule has 0 atom stereocenters. The highest BCUT2D eigenvalue weighted by molar-refractivity contribution is 6.28. The average molecular weight is 853 g/mol. The average Bonchev–Trinajstić information content (AvgIpc) is 3.83. The molecule has 0 unspecified atom stereocenters. The standard InChI is InChI=1S/C35H26N2O6.2C7H5NO.C3H8/c1-35(2,23-3-11-27(12-4-23)42-29-15-7-25(8-16-29)36-31(38)19-20-32(36)39)24-5-13-28(14-6-24)43-30-17-9-26(10-18-30)37-33(40)21-22-34(37)41;2*8-6-9-7-4-2-1-3-5-7;1-3-2/h3-22H,1-2H3;2*1-5H;3H2,1-2H3. The summed E-state index contributed by atoms with van der Waals surface area (Å²) in [5.74, 6) is 2.21. The van der Waals surface area contributed by atoms with Gasteiger partial charge in [-0.2, -0.15) is 0 Å². The summed E-state index contributed by atoms with van der Waals surface area (Å²) in [5.41, 5.74) is 2.87. The maximum absolute atomic E-state index is 11.9. The summed E-state index contributed by atoms with van der Waals surface area (Å²) < 4.78 is 21.0.